The van der Waals surface area contributed by atoms with E-state index in [4.69, 9.17) is 14.8 Å². The van der Waals surface area contributed by atoms with Crippen LogP contribution in [0.4, 0.5) is 5.82 Å². The Hall–Kier alpha value is -4.06. The number of fused-ring (bicyclic) bond motifs is 1. The van der Waals surface area contributed by atoms with Gasteiger partial charge in [-0.2, -0.15) is 0 Å². The smallest absolute Gasteiger partial charge is 0.161 e. The molecule has 2 heterocycles. The maximum absolute atomic E-state index is 5.31. The first-order valence-electron chi connectivity index (χ1n) is 10.5. The molecule has 1 N–H and O–H groups in total. The topological polar surface area (TPSA) is 72.3 Å². The van der Waals surface area contributed by atoms with Crippen molar-refractivity contribution in [2.45, 2.75) is 26.8 Å². The van der Waals surface area contributed by atoms with Crippen LogP contribution in [-0.2, 0) is 11.4 Å². The van der Waals surface area contributed by atoms with Gasteiger partial charge in [0.15, 0.2) is 5.82 Å². The fourth-order valence-electron chi connectivity index (χ4n) is 3.70. The Morgan fingerprint density at radius 2 is 1.81 bits per heavy atom. The predicted molar refractivity (Wildman–Crippen MR) is 130 cm³/mol. The number of hydrogen-bond donors (Lipinski definition) is 1. The first kappa shape index (κ1) is 21.2. The molecule has 2 aromatic heterocycles. The third-order valence-electron chi connectivity index (χ3n) is 5.22. The van der Waals surface area contributed by atoms with Crippen LogP contribution in [0.25, 0.3) is 27.6 Å². The van der Waals surface area contributed by atoms with Crippen molar-refractivity contribution in [1.82, 2.24) is 15.0 Å². The average Bonchev–Trinajstić information content (AvgIpc) is 2.84. The van der Waals surface area contributed by atoms with E-state index in [0.717, 1.165) is 39.1 Å². The van der Waals surface area contributed by atoms with E-state index in [9.17, 15) is 0 Å². The molecule has 6 heteroatoms. The molecule has 0 aliphatic heterocycles. The van der Waals surface area contributed by atoms with E-state index in [1.807, 2.05) is 62.4 Å². The summed E-state index contributed by atoms with van der Waals surface area (Å²) >= 11 is 0. The molecule has 0 aliphatic carbocycles. The first-order valence-corrected chi connectivity index (χ1v) is 10.5. The fourth-order valence-corrected chi connectivity index (χ4v) is 3.70. The zero-order valence-corrected chi connectivity index (χ0v) is 18.2. The van der Waals surface area contributed by atoms with E-state index in [0.29, 0.717) is 24.5 Å². The van der Waals surface area contributed by atoms with Gasteiger partial charge in [0.25, 0.3) is 0 Å². The van der Waals surface area contributed by atoms with Crippen molar-refractivity contribution >= 4 is 29.0 Å². The summed E-state index contributed by atoms with van der Waals surface area (Å²) in [6.45, 7) is 7.86. The van der Waals surface area contributed by atoms with Crippen molar-refractivity contribution < 1.29 is 4.84 Å². The zero-order chi connectivity index (χ0) is 22.3. The lowest BCUT2D eigenvalue weighted by atomic mass is 10.0. The highest BCUT2D eigenvalue weighted by Gasteiger charge is 2.17. The molecule has 0 spiro atoms. The highest BCUT2D eigenvalue weighted by Crippen LogP contribution is 2.34. The van der Waals surface area contributed by atoms with Gasteiger partial charge < -0.3 is 10.2 Å². The largest absolute Gasteiger partial charge is 0.364 e. The molecule has 160 valence electrons. The van der Waals surface area contributed by atoms with E-state index in [1.165, 1.54) is 0 Å². The number of benzene rings is 2. The number of aromatic nitrogens is 3. The summed E-state index contributed by atoms with van der Waals surface area (Å²) in [6, 6.07) is 22.3. The molecule has 2 aromatic carbocycles. The Morgan fingerprint density at radius 3 is 2.53 bits per heavy atom. The standard InChI is InChI=1S/C26H25N5O/c1-4-21(18(2)32-27-3)25-30-23-15-10-14-22(19-11-6-5-7-12-19)24(23)26(31-25)29-17-20-13-8-9-16-28-20/h5-16H,3-4,17H2,1-2H3,(H,29,30,31)/b21-18+. The third-order valence-corrected chi connectivity index (χ3v) is 5.22. The van der Waals surface area contributed by atoms with Crippen LogP contribution in [-0.4, -0.2) is 21.7 Å². The fraction of sp³-hybridized carbons (Fsp3) is 0.154. The number of anilines is 1. The summed E-state index contributed by atoms with van der Waals surface area (Å²) < 4.78 is 0. The normalized spacial score (nSPS) is 11.7. The van der Waals surface area contributed by atoms with Gasteiger partial charge in [0.2, 0.25) is 0 Å². The van der Waals surface area contributed by atoms with Gasteiger partial charge in [-0.15, -0.1) is 0 Å². The minimum absolute atomic E-state index is 0.546. The number of oxime groups is 1. The molecule has 0 amide bonds. The molecule has 0 fully saturated rings. The quantitative estimate of drug-likeness (QED) is 0.211. The second-order valence-electron chi connectivity index (χ2n) is 7.24. The summed E-state index contributed by atoms with van der Waals surface area (Å²) in [5.74, 6) is 1.99. The molecular formula is C26H25N5O. The molecule has 4 rings (SSSR count). The summed E-state index contributed by atoms with van der Waals surface area (Å²) in [7, 11) is 0. The summed E-state index contributed by atoms with van der Waals surface area (Å²) in [5.41, 5.74) is 4.84. The Morgan fingerprint density at radius 1 is 1.00 bits per heavy atom. The van der Waals surface area contributed by atoms with E-state index >= 15 is 0 Å². The van der Waals surface area contributed by atoms with Gasteiger partial charge in [-0.3, -0.25) is 4.98 Å². The Labute approximate surface area is 187 Å². The number of allylic oxidation sites excluding steroid dienone is 2. The molecule has 0 bridgehead atoms. The van der Waals surface area contributed by atoms with Crippen molar-refractivity contribution in [2.24, 2.45) is 5.16 Å². The maximum atomic E-state index is 5.31. The van der Waals surface area contributed by atoms with Crippen molar-refractivity contribution in [3.8, 4) is 11.1 Å². The molecule has 4 aromatic rings. The number of nitrogens with one attached hydrogen (secondary N) is 1. The van der Waals surface area contributed by atoms with Gasteiger partial charge in [0.05, 0.1) is 23.1 Å². The third kappa shape index (κ3) is 4.49. The van der Waals surface area contributed by atoms with Gasteiger partial charge in [-0.1, -0.05) is 60.6 Å². The molecule has 32 heavy (non-hydrogen) atoms. The highest BCUT2D eigenvalue weighted by atomic mass is 16.6. The Balaban J connectivity index is 1.90. The van der Waals surface area contributed by atoms with Gasteiger partial charge in [0.1, 0.15) is 11.6 Å². The number of pyridine rings is 1. The maximum Gasteiger partial charge on any atom is 0.161 e. The number of nitrogens with zero attached hydrogens (tertiary/aromatic N) is 4. The van der Waals surface area contributed by atoms with Crippen LogP contribution < -0.4 is 5.32 Å². The second kappa shape index (κ2) is 9.83. The summed E-state index contributed by atoms with van der Waals surface area (Å²) in [4.78, 5) is 19.5. The molecule has 0 unspecified atom stereocenters. The van der Waals surface area contributed by atoms with Crippen molar-refractivity contribution in [1.29, 1.82) is 0 Å². The van der Waals surface area contributed by atoms with E-state index in [2.05, 4.69) is 40.4 Å². The van der Waals surface area contributed by atoms with Gasteiger partial charge in [-0.25, -0.2) is 9.97 Å². The minimum atomic E-state index is 0.546. The lowest BCUT2D eigenvalue weighted by Crippen LogP contribution is -2.07. The molecular weight excluding hydrogens is 398 g/mol. The van der Waals surface area contributed by atoms with Gasteiger partial charge in [-0.05, 0) is 42.7 Å². The second-order valence-corrected chi connectivity index (χ2v) is 7.24. The Kier molecular flexibility index (Phi) is 6.51. The van der Waals surface area contributed by atoms with Gasteiger partial charge in [0, 0.05) is 18.5 Å². The van der Waals surface area contributed by atoms with Crippen LogP contribution in [0.3, 0.4) is 0 Å². The molecule has 6 nitrogen and oxygen atoms in total. The number of hydrogen-bond acceptors (Lipinski definition) is 6. The predicted octanol–water partition coefficient (Wildman–Crippen LogP) is 6.08. The molecule has 0 aliphatic rings. The van der Waals surface area contributed by atoms with Gasteiger partial charge >= 0.3 is 0 Å². The average molecular weight is 424 g/mol. The molecule has 0 atom stereocenters. The monoisotopic (exact) mass is 423 g/mol. The van der Waals surface area contributed by atoms with Crippen LogP contribution in [0, 0.1) is 0 Å². The van der Waals surface area contributed by atoms with Crippen LogP contribution in [0.15, 0.2) is 83.8 Å². The van der Waals surface area contributed by atoms with Crippen LogP contribution in [0.5, 0.6) is 0 Å². The van der Waals surface area contributed by atoms with Crippen LogP contribution in [0.1, 0.15) is 31.8 Å². The lowest BCUT2D eigenvalue weighted by Gasteiger charge is -2.15. The highest BCUT2D eigenvalue weighted by molar-refractivity contribution is 6.02. The molecule has 0 saturated heterocycles. The van der Waals surface area contributed by atoms with Crippen LogP contribution in [0.2, 0.25) is 0 Å². The van der Waals surface area contributed by atoms with E-state index < -0.39 is 0 Å². The SMILES string of the molecule is C=NO/C(C)=C(\CC)c1nc(NCc2ccccn2)c2c(-c3ccccc3)cccc2n1. The van der Waals surface area contributed by atoms with Crippen molar-refractivity contribution in [2.75, 3.05) is 5.32 Å². The number of rotatable bonds is 8. The van der Waals surface area contributed by atoms with E-state index in [1.54, 1.807) is 6.20 Å². The minimum Gasteiger partial charge on any atom is -0.364 e. The van der Waals surface area contributed by atoms with Crippen molar-refractivity contribution in [3.05, 3.63) is 90.2 Å². The summed E-state index contributed by atoms with van der Waals surface area (Å²) in [5, 5.41) is 8.02. The van der Waals surface area contributed by atoms with E-state index in [-0.39, 0.29) is 0 Å². The first-order chi connectivity index (χ1) is 15.7. The molecule has 0 saturated carbocycles. The summed E-state index contributed by atoms with van der Waals surface area (Å²) in [6.07, 6.45) is 2.49. The zero-order valence-electron chi connectivity index (χ0n) is 18.2. The van der Waals surface area contributed by atoms with Crippen molar-refractivity contribution in [3.63, 3.8) is 0 Å². The Bertz CT molecular complexity index is 1250. The molecule has 0 radical (unpaired) electrons. The van der Waals surface area contributed by atoms with Crippen LogP contribution >= 0.6 is 0 Å². The lowest BCUT2D eigenvalue weighted by molar-refractivity contribution is 0.234.